The smallest absolute Gasteiger partial charge is 0.290 e. The highest BCUT2D eigenvalue weighted by Crippen LogP contribution is 2.39. The van der Waals surface area contributed by atoms with Crippen molar-refractivity contribution in [1.82, 2.24) is 15.6 Å². The molecule has 10 heteroatoms. The van der Waals surface area contributed by atoms with E-state index in [1.807, 2.05) is 38.1 Å². The highest BCUT2D eigenvalue weighted by atomic mass is 16.5. The molecule has 10 nitrogen and oxygen atoms in total. The van der Waals surface area contributed by atoms with Gasteiger partial charge in [0.05, 0.1) is 26.5 Å². The van der Waals surface area contributed by atoms with Gasteiger partial charge in [-0.15, -0.1) is 0 Å². The number of aromatic nitrogens is 2. The van der Waals surface area contributed by atoms with Gasteiger partial charge < -0.3 is 14.6 Å². The minimum atomic E-state index is -0.447. The Morgan fingerprint density at radius 2 is 1.97 bits per heavy atom. The van der Waals surface area contributed by atoms with Crippen LogP contribution in [0.2, 0.25) is 0 Å². The molecule has 0 unspecified atom stereocenters. The van der Waals surface area contributed by atoms with Crippen LogP contribution in [0.5, 0.6) is 17.2 Å². The standard InChI is InChI=1S/C24H28N6O4/c1-6-34-18-10-7-16(8-11-18)22-21(14(2)17-9-12-19(31)20(13-17)33-5)23(24(32)29-28-22)26-15(3)27-30-25-4/h7-14,31H,6H2,1-5H3,(H,29,32)(H,25,26,27,28)/t14-/m0/s1. The molecule has 178 valence electrons. The van der Waals surface area contributed by atoms with Crippen molar-refractivity contribution in [1.29, 1.82) is 0 Å². The average molecular weight is 465 g/mol. The van der Waals surface area contributed by atoms with E-state index in [1.54, 1.807) is 25.1 Å². The molecular weight excluding hydrogens is 436 g/mol. The van der Waals surface area contributed by atoms with Crippen LogP contribution in [0.15, 0.2) is 62.6 Å². The molecule has 3 rings (SSSR count). The summed E-state index contributed by atoms with van der Waals surface area (Å²) in [5.41, 5.74) is 5.19. The second kappa shape index (κ2) is 11.1. The molecule has 0 radical (unpaired) electrons. The zero-order chi connectivity index (χ0) is 24.7. The van der Waals surface area contributed by atoms with Gasteiger partial charge in [-0.3, -0.25) is 4.79 Å². The Morgan fingerprint density at radius 1 is 1.24 bits per heavy atom. The number of hydrogen-bond acceptors (Lipinski definition) is 8. The topological polar surface area (TPSA) is 134 Å². The van der Waals surface area contributed by atoms with Crippen molar-refractivity contribution in [2.24, 2.45) is 15.3 Å². The van der Waals surface area contributed by atoms with E-state index in [-0.39, 0.29) is 17.4 Å². The van der Waals surface area contributed by atoms with Crippen LogP contribution in [-0.2, 0) is 0 Å². The predicted octanol–water partition coefficient (Wildman–Crippen LogP) is 4.34. The number of H-pyrrole nitrogens is 1. The number of ether oxygens (including phenoxy) is 2. The zero-order valence-electron chi connectivity index (χ0n) is 19.8. The van der Waals surface area contributed by atoms with Crippen molar-refractivity contribution in [2.75, 3.05) is 20.8 Å². The van der Waals surface area contributed by atoms with E-state index in [4.69, 9.17) is 9.47 Å². The summed E-state index contributed by atoms with van der Waals surface area (Å²) in [5, 5.41) is 24.3. The molecular formula is C24H28N6O4. The van der Waals surface area contributed by atoms with Gasteiger partial charge in [-0.25, -0.2) is 15.5 Å². The third kappa shape index (κ3) is 5.40. The molecule has 0 saturated carbocycles. The first-order valence-electron chi connectivity index (χ1n) is 10.7. The minimum Gasteiger partial charge on any atom is -0.504 e. The summed E-state index contributed by atoms with van der Waals surface area (Å²) >= 11 is 0. The fourth-order valence-corrected chi connectivity index (χ4v) is 3.52. The number of methoxy groups -OCH3 is 1. The largest absolute Gasteiger partial charge is 0.504 e. The third-order valence-corrected chi connectivity index (χ3v) is 5.16. The van der Waals surface area contributed by atoms with Crippen LogP contribution >= 0.6 is 0 Å². The normalized spacial score (nSPS) is 12.6. The maximum atomic E-state index is 12.9. The van der Waals surface area contributed by atoms with Crippen LogP contribution in [0.1, 0.15) is 37.8 Å². The predicted molar refractivity (Wildman–Crippen MR) is 130 cm³/mol. The lowest BCUT2D eigenvalue weighted by Crippen LogP contribution is -2.18. The lowest BCUT2D eigenvalue weighted by molar-refractivity contribution is 0.340. The Bertz CT molecular complexity index is 1250. The number of aromatic amines is 1. The monoisotopic (exact) mass is 464 g/mol. The molecule has 3 N–H and O–H groups in total. The van der Waals surface area contributed by atoms with Gasteiger partial charge >= 0.3 is 0 Å². The average Bonchev–Trinajstić information content (AvgIpc) is 2.84. The fourth-order valence-electron chi connectivity index (χ4n) is 3.52. The fraction of sp³-hybridized carbons (Fsp3) is 0.292. The number of aromatic hydroxyl groups is 1. The van der Waals surface area contributed by atoms with E-state index in [1.165, 1.54) is 14.2 Å². The molecule has 1 aromatic heterocycles. The molecule has 0 fully saturated rings. The minimum absolute atomic E-state index is 0.0254. The number of nitrogens with one attached hydrogen (secondary N) is 2. The molecule has 0 saturated heterocycles. The third-order valence-electron chi connectivity index (χ3n) is 5.16. The SMILES string of the molecule is CCOc1ccc(-c2n[nH]c(=O)c(N=C(C)NN=NC)c2[C@@H](C)c2ccc(O)c(OC)c2)cc1. The number of hydrogen-bond donors (Lipinski definition) is 3. The summed E-state index contributed by atoms with van der Waals surface area (Å²) < 4.78 is 10.8. The number of phenols is 1. The maximum Gasteiger partial charge on any atom is 0.290 e. The van der Waals surface area contributed by atoms with Crippen molar-refractivity contribution >= 4 is 11.5 Å². The molecule has 0 aliphatic rings. The summed E-state index contributed by atoms with van der Waals surface area (Å²) in [4.78, 5) is 17.4. The number of phenolic OH excluding ortho intramolecular Hbond substituents is 1. The van der Waals surface area contributed by atoms with Crippen LogP contribution < -0.4 is 20.5 Å². The van der Waals surface area contributed by atoms with Gasteiger partial charge in [-0.05, 0) is 55.8 Å². The van der Waals surface area contributed by atoms with Gasteiger partial charge in [0.25, 0.3) is 5.56 Å². The molecule has 1 heterocycles. The Morgan fingerprint density at radius 3 is 2.62 bits per heavy atom. The summed E-state index contributed by atoms with van der Waals surface area (Å²) in [7, 11) is 3.01. The van der Waals surface area contributed by atoms with E-state index < -0.39 is 5.56 Å². The van der Waals surface area contributed by atoms with Crippen molar-refractivity contribution in [3.63, 3.8) is 0 Å². The van der Waals surface area contributed by atoms with Gasteiger partial charge in [0.15, 0.2) is 11.5 Å². The van der Waals surface area contributed by atoms with Crippen LogP contribution in [0.3, 0.4) is 0 Å². The van der Waals surface area contributed by atoms with Crippen molar-refractivity contribution in [3.8, 4) is 28.5 Å². The maximum absolute atomic E-state index is 12.9. The number of benzene rings is 2. The first-order chi connectivity index (χ1) is 16.4. The molecule has 3 aromatic rings. The summed E-state index contributed by atoms with van der Waals surface area (Å²) in [6.07, 6.45) is 0. The lowest BCUT2D eigenvalue weighted by atomic mass is 9.89. The Labute approximate surface area is 197 Å². The summed E-state index contributed by atoms with van der Waals surface area (Å²) in [5.74, 6) is 1.15. The van der Waals surface area contributed by atoms with Crippen molar-refractivity contribution in [3.05, 3.63) is 63.9 Å². The van der Waals surface area contributed by atoms with Crippen LogP contribution in [0.4, 0.5) is 5.69 Å². The van der Waals surface area contributed by atoms with Crippen LogP contribution in [0.25, 0.3) is 11.3 Å². The molecule has 0 bridgehead atoms. The van der Waals surface area contributed by atoms with E-state index in [0.717, 1.165) is 16.9 Å². The molecule has 2 aromatic carbocycles. The number of aliphatic imine (C=N–C) groups is 1. The first-order valence-corrected chi connectivity index (χ1v) is 10.7. The van der Waals surface area contributed by atoms with Crippen molar-refractivity contribution in [2.45, 2.75) is 26.7 Å². The van der Waals surface area contributed by atoms with Gasteiger partial charge in [0, 0.05) is 17.0 Å². The van der Waals surface area contributed by atoms with E-state index >= 15 is 0 Å². The van der Waals surface area contributed by atoms with Gasteiger partial charge in [0.1, 0.15) is 17.3 Å². The zero-order valence-corrected chi connectivity index (χ0v) is 19.8. The van der Waals surface area contributed by atoms with Crippen LogP contribution in [-0.4, -0.2) is 41.9 Å². The molecule has 0 amide bonds. The van der Waals surface area contributed by atoms with Gasteiger partial charge in [-0.1, -0.05) is 18.2 Å². The number of nitrogens with zero attached hydrogens (tertiary/aromatic N) is 4. The van der Waals surface area contributed by atoms with Gasteiger partial charge in [0.2, 0.25) is 0 Å². The second-order valence-electron chi connectivity index (χ2n) is 7.38. The lowest BCUT2D eigenvalue weighted by Gasteiger charge is -2.19. The number of rotatable bonds is 8. The molecule has 1 atom stereocenters. The summed E-state index contributed by atoms with van der Waals surface area (Å²) in [6.45, 7) is 6.10. The molecule has 34 heavy (non-hydrogen) atoms. The quantitative estimate of drug-likeness (QED) is 0.197. The second-order valence-corrected chi connectivity index (χ2v) is 7.38. The Kier molecular flexibility index (Phi) is 7.96. The van der Waals surface area contributed by atoms with E-state index in [9.17, 15) is 9.90 Å². The highest BCUT2D eigenvalue weighted by molar-refractivity contribution is 5.83. The molecule has 0 aliphatic heterocycles. The Hall–Kier alpha value is -4.21. The highest BCUT2D eigenvalue weighted by Gasteiger charge is 2.23. The Balaban J connectivity index is 2.24. The van der Waals surface area contributed by atoms with Gasteiger partial charge in [-0.2, -0.15) is 10.2 Å². The molecule has 0 aliphatic carbocycles. The number of amidine groups is 1. The van der Waals surface area contributed by atoms with Crippen molar-refractivity contribution < 1.29 is 14.6 Å². The van der Waals surface area contributed by atoms with E-state index in [0.29, 0.717) is 29.4 Å². The van der Waals surface area contributed by atoms with Crippen LogP contribution in [0, 0.1) is 0 Å². The molecule has 0 spiro atoms. The summed E-state index contributed by atoms with van der Waals surface area (Å²) in [6, 6.07) is 12.5. The first kappa shape index (κ1) is 24.4. The van der Waals surface area contributed by atoms with E-state index in [2.05, 4.69) is 31.0 Å².